The zero-order valence-electron chi connectivity index (χ0n) is 11.6. The van der Waals surface area contributed by atoms with Crippen molar-refractivity contribution in [3.05, 3.63) is 24.3 Å². The molecule has 20 heavy (non-hydrogen) atoms. The molecular weight excluding hydrogens is 260 g/mol. The van der Waals surface area contributed by atoms with Crippen LogP contribution in [0.2, 0.25) is 0 Å². The van der Waals surface area contributed by atoms with E-state index in [1.807, 2.05) is 0 Å². The third kappa shape index (κ3) is 3.20. The van der Waals surface area contributed by atoms with Crippen molar-refractivity contribution in [2.24, 2.45) is 0 Å². The average molecular weight is 278 g/mol. The highest BCUT2D eigenvalue weighted by Gasteiger charge is 2.32. The predicted octanol–water partition coefficient (Wildman–Crippen LogP) is 1.55. The van der Waals surface area contributed by atoms with E-state index in [4.69, 9.17) is 9.47 Å². The third-order valence-corrected chi connectivity index (χ3v) is 3.11. The molecule has 1 fully saturated rings. The number of amides is 2. The second-order valence-electron chi connectivity index (χ2n) is 4.47. The van der Waals surface area contributed by atoms with Gasteiger partial charge in [0.05, 0.1) is 20.2 Å². The van der Waals surface area contributed by atoms with Crippen LogP contribution in [0.25, 0.3) is 0 Å². The fourth-order valence-corrected chi connectivity index (χ4v) is 1.95. The Morgan fingerprint density at radius 3 is 2.75 bits per heavy atom. The molecule has 2 rings (SSSR count). The smallest absolute Gasteiger partial charge is 0.414 e. The molecule has 0 saturated carbocycles. The number of methoxy groups -OCH3 is 1. The van der Waals surface area contributed by atoms with E-state index in [1.54, 1.807) is 43.2 Å². The van der Waals surface area contributed by atoms with Crippen molar-refractivity contribution in [3.8, 4) is 5.75 Å². The Bertz CT molecular complexity index is 486. The molecule has 1 aliphatic heterocycles. The van der Waals surface area contributed by atoms with E-state index in [0.717, 1.165) is 11.4 Å². The molecule has 1 N–H and O–H groups in total. The summed E-state index contributed by atoms with van der Waals surface area (Å²) in [5.74, 6) is 0.678. The number of ether oxygens (including phenoxy) is 2. The maximum absolute atomic E-state index is 11.8. The van der Waals surface area contributed by atoms with Crippen LogP contribution in [0.1, 0.15) is 13.3 Å². The van der Waals surface area contributed by atoms with Crippen molar-refractivity contribution in [2.75, 3.05) is 25.1 Å². The highest BCUT2D eigenvalue weighted by molar-refractivity contribution is 5.89. The molecule has 6 nitrogen and oxygen atoms in total. The number of rotatable bonds is 5. The van der Waals surface area contributed by atoms with Gasteiger partial charge in [-0.2, -0.15) is 0 Å². The topological polar surface area (TPSA) is 67.9 Å². The number of nitrogens with zero attached hydrogens (tertiary/aromatic N) is 1. The number of carbonyl (C=O) groups excluding carboxylic acids is 2. The molecule has 1 aromatic carbocycles. The van der Waals surface area contributed by atoms with E-state index in [0.29, 0.717) is 19.5 Å². The first kappa shape index (κ1) is 14.2. The van der Waals surface area contributed by atoms with Crippen LogP contribution in [-0.4, -0.2) is 38.3 Å². The summed E-state index contributed by atoms with van der Waals surface area (Å²) in [6, 6.07) is 7.17. The Balaban J connectivity index is 1.96. The number of carbonyl (C=O) groups is 2. The molecule has 0 spiro atoms. The summed E-state index contributed by atoms with van der Waals surface area (Å²) in [5.41, 5.74) is 0.750. The van der Waals surface area contributed by atoms with Gasteiger partial charge in [-0.3, -0.25) is 9.69 Å². The molecule has 0 aromatic heterocycles. The maximum atomic E-state index is 11.8. The fraction of sp³-hybridized carbons (Fsp3) is 0.429. The lowest BCUT2D eigenvalue weighted by atomic mass is 10.2. The first-order valence-electron chi connectivity index (χ1n) is 6.53. The summed E-state index contributed by atoms with van der Waals surface area (Å²) in [6.07, 6.45) is -0.297. The van der Waals surface area contributed by atoms with E-state index >= 15 is 0 Å². The van der Waals surface area contributed by atoms with Gasteiger partial charge in [0.15, 0.2) is 0 Å². The number of benzene rings is 1. The molecule has 1 aliphatic rings. The lowest BCUT2D eigenvalue weighted by molar-refractivity contribution is -0.121. The van der Waals surface area contributed by atoms with Gasteiger partial charge in [-0.1, -0.05) is 6.92 Å². The lowest BCUT2D eigenvalue weighted by Gasteiger charge is -2.13. The molecular formula is C14H18N2O4. The van der Waals surface area contributed by atoms with Crippen molar-refractivity contribution in [3.63, 3.8) is 0 Å². The molecule has 0 aliphatic carbocycles. The number of hydrogen-bond donors (Lipinski definition) is 1. The van der Waals surface area contributed by atoms with Gasteiger partial charge in [-0.25, -0.2) is 4.79 Å². The minimum absolute atomic E-state index is 0.0519. The van der Waals surface area contributed by atoms with Gasteiger partial charge in [-0.05, 0) is 24.3 Å². The third-order valence-electron chi connectivity index (χ3n) is 3.11. The van der Waals surface area contributed by atoms with E-state index in [-0.39, 0.29) is 12.0 Å². The van der Waals surface area contributed by atoms with Crippen molar-refractivity contribution < 1.29 is 19.1 Å². The largest absolute Gasteiger partial charge is 0.497 e. The van der Waals surface area contributed by atoms with Gasteiger partial charge in [0.1, 0.15) is 11.9 Å². The molecule has 0 bridgehead atoms. The Labute approximate surface area is 117 Å². The Morgan fingerprint density at radius 2 is 2.15 bits per heavy atom. The highest BCUT2D eigenvalue weighted by Crippen LogP contribution is 2.23. The second-order valence-corrected chi connectivity index (χ2v) is 4.47. The Hall–Kier alpha value is -2.24. The van der Waals surface area contributed by atoms with E-state index in [2.05, 4.69) is 5.32 Å². The zero-order chi connectivity index (χ0) is 14.5. The molecule has 1 heterocycles. The van der Waals surface area contributed by atoms with Gasteiger partial charge < -0.3 is 14.8 Å². The monoisotopic (exact) mass is 278 g/mol. The van der Waals surface area contributed by atoms with Gasteiger partial charge in [0.25, 0.3) is 0 Å². The standard InChI is InChI=1S/C14H18N2O4/c1-3-13(17)15-8-12-9-16(14(18)20-12)10-4-6-11(19-2)7-5-10/h4-7,12H,3,8-9H2,1-2H3,(H,15,17)/t12-/m1/s1. The molecule has 0 unspecified atom stereocenters. The first-order chi connectivity index (χ1) is 9.63. The van der Waals surface area contributed by atoms with Crippen LogP contribution < -0.4 is 15.0 Å². The minimum atomic E-state index is -0.397. The van der Waals surface area contributed by atoms with Crippen LogP contribution in [0, 0.1) is 0 Å². The summed E-state index contributed by atoms with van der Waals surface area (Å²) >= 11 is 0. The van der Waals surface area contributed by atoms with Crippen molar-refractivity contribution in [1.82, 2.24) is 5.32 Å². The minimum Gasteiger partial charge on any atom is -0.497 e. The maximum Gasteiger partial charge on any atom is 0.414 e. The summed E-state index contributed by atoms with van der Waals surface area (Å²) in [4.78, 5) is 24.6. The van der Waals surface area contributed by atoms with Crippen molar-refractivity contribution in [1.29, 1.82) is 0 Å². The predicted molar refractivity (Wildman–Crippen MR) is 73.9 cm³/mol. The van der Waals surface area contributed by atoms with E-state index in [1.165, 1.54) is 0 Å². The van der Waals surface area contributed by atoms with E-state index in [9.17, 15) is 9.59 Å². The molecule has 108 valence electrons. The SMILES string of the molecule is CCC(=O)NC[C@@H]1CN(c2ccc(OC)cc2)C(=O)O1. The van der Waals surface area contributed by atoms with E-state index < -0.39 is 6.09 Å². The number of cyclic esters (lactones) is 1. The van der Waals surface area contributed by atoms with Gasteiger partial charge in [0, 0.05) is 12.1 Å². The Kier molecular flexibility index (Phi) is 4.45. The van der Waals surface area contributed by atoms with Gasteiger partial charge in [0.2, 0.25) is 5.91 Å². The molecule has 1 atom stereocenters. The van der Waals surface area contributed by atoms with Crippen LogP contribution in [0.4, 0.5) is 10.5 Å². The summed E-state index contributed by atoms with van der Waals surface area (Å²) in [6.45, 7) is 2.54. The van der Waals surface area contributed by atoms with Crippen LogP contribution in [0.3, 0.4) is 0 Å². The molecule has 1 saturated heterocycles. The van der Waals surface area contributed by atoms with Crippen LogP contribution in [-0.2, 0) is 9.53 Å². The van der Waals surface area contributed by atoms with Crippen LogP contribution >= 0.6 is 0 Å². The lowest BCUT2D eigenvalue weighted by Crippen LogP contribution is -2.34. The highest BCUT2D eigenvalue weighted by atomic mass is 16.6. The van der Waals surface area contributed by atoms with Gasteiger partial charge in [-0.15, -0.1) is 0 Å². The summed E-state index contributed by atoms with van der Waals surface area (Å²) in [5, 5.41) is 2.72. The van der Waals surface area contributed by atoms with Crippen LogP contribution in [0.5, 0.6) is 5.75 Å². The second kappa shape index (κ2) is 6.27. The zero-order valence-corrected chi connectivity index (χ0v) is 11.6. The molecule has 0 radical (unpaired) electrons. The average Bonchev–Trinajstić information content (AvgIpc) is 2.86. The number of nitrogens with one attached hydrogen (secondary N) is 1. The van der Waals surface area contributed by atoms with Crippen molar-refractivity contribution in [2.45, 2.75) is 19.4 Å². The van der Waals surface area contributed by atoms with Gasteiger partial charge >= 0.3 is 6.09 Å². The first-order valence-corrected chi connectivity index (χ1v) is 6.53. The fourth-order valence-electron chi connectivity index (χ4n) is 1.95. The van der Waals surface area contributed by atoms with Crippen molar-refractivity contribution >= 4 is 17.7 Å². The number of hydrogen-bond acceptors (Lipinski definition) is 4. The molecule has 2 amide bonds. The van der Waals surface area contributed by atoms with Crippen LogP contribution in [0.15, 0.2) is 24.3 Å². The molecule has 6 heteroatoms. The Morgan fingerprint density at radius 1 is 1.45 bits per heavy atom. The normalized spacial score (nSPS) is 17.8. The summed E-state index contributed by atoms with van der Waals surface area (Å²) < 4.78 is 10.3. The molecule has 1 aromatic rings. The summed E-state index contributed by atoms with van der Waals surface area (Å²) in [7, 11) is 1.59. The quantitative estimate of drug-likeness (QED) is 0.887. The number of anilines is 1.